The Hall–Kier alpha value is -4.51. The van der Waals surface area contributed by atoms with E-state index in [2.05, 4.69) is 44.2 Å². The summed E-state index contributed by atoms with van der Waals surface area (Å²) in [6.07, 6.45) is 3.29. The lowest BCUT2D eigenvalue weighted by Crippen LogP contribution is -2.49. The van der Waals surface area contributed by atoms with Gasteiger partial charge >= 0.3 is 0 Å². The van der Waals surface area contributed by atoms with Gasteiger partial charge in [0.25, 0.3) is 5.91 Å². The van der Waals surface area contributed by atoms with Crippen molar-refractivity contribution in [3.05, 3.63) is 60.2 Å². The summed E-state index contributed by atoms with van der Waals surface area (Å²) in [7, 11) is 3.30. The average Bonchev–Trinajstić information content (AvgIpc) is 3.36. The minimum absolute atomic E-state index is 0.176. The number of nitrogens with one attached hydrogen (secondary N) is 3. The lowest BCUT2D eigenvalue weighted by atomic mass is 10.1. The molecule has 5 rings (SSSR count). The first-order valence-electron chi connectivity index (χ1n) is 13.1. The third-order valence-corrected chi connectivity index (χ3v) is 7.22. The number of H-pyrrole nitrogens is 1. The number of nitrogens with zero attached hydrogens (tertiary/aromatic N) is 3. The molecule has 1 saturated heterocycles. The Balaban J connectivity index is 1.43. The van der Waals surface area contributed by atoms with Crippen LogP contribution < -0.4 is 30.7 Å². The number of rotatable bonds is 9. The van der Waals surface area contributed by atoms with Gasteiger partial charge in [-0.2, -0.15) is 0 Å². The number of piperazine rings is 1. The van der Waals surface area contributed by atoms with Crippen LogP contribution in [0.2, 0.25) is 0 Å². The first kappa shape index (κ1) is 27.1. The van der Waals surface area contributed by atoms with E-state index in [0.717, 1.165) is 54.2 Å². The Kier molecular flexibility index (Phi) is 7.65. The minimum Gasteiger partial charge on any atom is -0.494 e. The molecule has 1 aliphatic rings. The number of fused-ring (bicyclic) bond motifs is 1. The summed E-state index contributed by atoms with van der Waals surface area (Å²) in [6, 6.07) is 10.1. The predicted molar refractivity (Wildman–Crippen MR) is 156 cm³/mol. The molecular weight excluding hydrogens is 513 g/mol. The van der Waals surface area contributed by atoms with Crippen LogP contribution in [0.4, 0.5) is 33.0 Å². The minimum atomic E-state index is -0.662. The molecule has 0 saturated carbocycles. The van der Waals surface area contributed by atoms with Crippen LogP contribution in [-0.4, -0.2) is 67.2 Å². The summed E-state index contributed by atoms with van der Waals surface area (Å²) in [6.45, 7) is 8.21. The molecule has 0 spiro atoms. The zero-order chi connectivity index (χ0) is 28.4. The highest BCUT2D eigenvalue weighted by Crippen LogP contribution is 2.41. The molecule has 3 heterocycles. The van der Waals surface area contributed by atoms with Crippen LogP contribution in [0.15, 0.2) is 48.8 Å². The van der Waals surface area contributed by atoms with Gasteiger partial charge in [0.1, 0.15) is 23.1 Å². The van der Waals surface area contributed by atoms with E-state index in [1.54, 1.807) is 26.6 Å². The molecule has 210 valence electrons. The molecule has 0 radical (unpaired) electrons. The Morgan fingerprint density at radius 1 is 0.975 bits per heavy atom. The fourth-order valence-corrected chi connectivity index (χ4v) is 5.05. The molecule has 1 fully saturated rings. The number of nitrogens with two attached hydrogens (primary N) is 1. The van der Waals surface area contributed by atoms with Crippen molar-refractivity contribution >= 4 is 45.4 Å². The number of primary amides is 1. The van der Waals surface area contributed by atoms with Gasteiger partial charge in [-0.1, -0.05) is 0 Å². The van der Waals surface area contributed by atoms with E-state index in [0.29, 0.717) is 23.3 Å². The number of benzene rings is 2. The third-order valence-electron chi connectivity index (χ3n) is 7.22. The highest BCUT2D eigenvalue weighted by atomic mass is 19.1. The summed E-state index contributed by atoms with van der Waals surface area (Å²) < 4.78 is 25.5. The van der Waals surface area contributed by atoms with Crippen molar-refractivity contribution < 1.29 is 18.7 Å². The van der Waals surface area contributed by atoms with E-state index in [4.69, 9.17) is 15.2 Å². The molecule has 1 aliphatic heterocycles. The lowest BCUT2D eigenvalue weighted by Gasteiger charge is -2.38. The van der Waals surface area contributed by atoms with Gasteiger partial charge in [0.15, 0.2) is 0 Å². The zero-order valence-electron chi connectivity index (χ0n) is 23.0. The highest BCUT2D eigenvalue weighted by Gasteiger charge is 2.23. The number of amides is 1. The van der Waals surface area contributed by atoms with Crippen molar-refractivity contribution in [2.75, 3.05) is 55.9 Å². The molecule has 5 N–H and O–H groups in total. The van der Waals surface area contributed by atoms with Crippen molar-refractivity contribution in [3.8, 4) is 11.5 Å². The summed E-state index contributed by atoms with van der Waals surface area (Å²) >= 11 is 0. The number of aromatic nitrogens is 2. The van der Waals surface area contributed by atoms with Crippen molar-refractivity contribution in [2.24, 2.45) is 5.73 Å². The van der Waals surface area contributed by atoms with Gasteiger partial charge in [-0.15, -0.1) is 0 Å². The largest absolute Gasteiger partial charge is 0.494 e. The molecule has 4 aromatic rings. The van der Waals surface area contributed by atoms with Gasteiger partial charge in [0.2, 0.25) is 0 Å². The first-order valence-corrected chi connectivity index (χ1v) is 13.1. The maximum absolute atomic E-state index is 14.0. The quantitative estimate of drug-likeness (QED) is 0.235. The molecule has 2 aromatic heterocycles. The molecule has 1 amide bonds. The smallest absolute Gasteiger partial charge is 0.250 e. The van der Waals surface area contributed by atoms with E-state index >= 15 is 0 Å². The van der Waals surface area contributed by atoms with Crippen molar-refractivity contribution in [2.45, 2.75) is 19.9 Å². The molecular formula is C29H34FN7O3. The molecule has 11 heteroatoms. The maximum Gasteiger partial charge on any atom is 0.250 e. The fourth-order valence-electron chi connectivity index (χ4n) is 5.05. The van der Waals surface area contributed by atoms with Crippen LogP contribution in [0.5, 0.6) is 11.5 Å². The highest BCUT2D eigenvalue weighted by molar-refractivity contribution is 6.02. The van der Waals surface area contributed by atoms with Crippen molar-refractivity contribution in [3.63, 3.8) is 0 Å². The van der Waals surface area contributed by atoms with E-state index in [-0.39, 0.29) is 11.3 Å². The van der Waals surface area contributed by atoms with Gasteiger partial charge in [-0.25, -0.2) is 4.39 Å². The third kappa shape index (κ3) is 5.46. The predicted octanol–water partition coefficient (Wildman–Crippen LogP) is 4.84. The van der Waals surface area contributed by atoms with Crippen LogP contribution >= 0.6 is 0 Å². The Morgan fingerprint density at radius 3 is 2.40 bits per heavy atom. The second-order valence-corrected chi connectivity index (χ2v) is 9.98. The number of methoxy groups -OCH3 is 2. The van der Waals surface area contributed by atoms with Gasteiger partial charge < -0.3 is 35.7 Å². The van der Waals surface area contributed by atoms with E-state index in [1.165, 1.54) is 18.2 Å². The summed E-state index contributed by atoms with van der Waals surface area (Å²) in [5.74, 6) is 0.939. The topological polar surface area (TPSA) is 121 Å². The van der Waals surface area contributed by atoms with Gasteiger partial charge in [0.05, 0.1) is 60.4 Å². The SMILES string of the molecule is COc1cc(N2CCN(C(C)C)CC2)c(OC)cc1Nc1cc2c(Nc3cc(F)ccc3C(N)=O)cncc2[nH]1. The number of halogens is 1. The Labute approximate surface area is 232 Å². The normalized spacial score (nSPS) is 14.0. The van der Waals surface area contributed by atoms with Crippen LogP contribution in [0, 0.1) is 5.82 Å². The van der Waals surface area contributed by atoms with Crippen LogP contribution in [0.3, 0.4) is 0 Å². The average molecular weight is 548 g/mol. The second-order valence-electron chi connectivity index (χ2n) is 9.98. The molecule has 10 nitrogen and oxygen atoms in total. The number of aromatic amines is 1. The van der Waals surface area contributed by atoms with E-state index < -0.39 is 11.7 Å². The first-order chi connectivity index (χ1) is 19.3. The molecule has 0 aliphatic carbocycles. The molecule has 40 heavy (non-hydrogen) atoms. The number of anilines is 5. The summed E-state index contributed by atoms with van der Waals surface area (Å²) in [4.78, 5) is 24.3. The number of hydrogen-bond acceptors (Lipinski definition) is 8. The van der Waals surface area contributed by atoms with Crippen molar-refractivity contribution in [1.29, 1.82) is 0 Å². The molecule has 2 aromatic carbocycles. The summed E-state index contributed by atoms with van der Waals surface area (Å²) in [5, 5.41) is 7.28. The van der Waals surface area contributed by atoms with Crippen molar-refractivity contribution in [1.82, 2.24) is 14.9 Å². The Morgan fingerprint density at radius 2 is 1.73 bits per heavy atom. The molecule has 0 bridgehead atoms. The molecule has 0 atom stereocenters. The zero-order valence-corrected chi connectivity index (χ0v) is 23.0. The van der Waals surface area contributed by atoms with Crippen LogP contribution in [0.25, 0.3) is 10.9 Å². The number of carbonyl (C=O) groups excluding carboxylic acids is 1. The van der Waals surface area contributed by atoms with Crippen LogP contribution in [0.1, 0.15) is 24.2 Å². The second kappa shape index (κ2) is 11.3. The number of ether oxygens (including phenoxy) is 2. The number of hydrogen-bond donors (Lipinski definition) is 4. The van der Waals surface area contributed by atoms with E-state index in [9.17, 15) is 9.18 Å². The van der Waals surface area contributed by atoms with E-state index in [1.807, 2.05) is 18.2 Å². The summed E-state index contributed by atoms with van der Waals surface area (Å²) in [5.41, 5.74) is 8.94. The number of carbonyl (C=O) groups is 1. The number of pyridine rings is 1. The fraction of sp³-hybridized carbons (Fsp3) is 0.310. The van der Waals surface area contributed by atoms with Crippen LogP contribution in [-0.2, 0) is 0 Å². The van der Waals surface area contributed by atoms with Gasteiger partial charge in [0, 0.05) is 49.7 Å². The Bertz CT molecular complexity index is 1530. The molecule has 0 unspecified atom stereocenters. The van der Waals surface area contributed by atoms with Gasteiger partial charge in [-0.05, 0) is 38.1 Å². The monoisotopic (exact) mass is 547 g/mol. The lowest BCUT2D eigenvalue weighted by molar-refractivity contribution is 0.100. The standard InChI is InChI=1S/C29H34FN7O3/c1-17(2)36-7-9-37(10-8-36)25-14-26(39-3)22(13-27(25)40-4)34-28-12-20-23(15-32-16-24(20)35-28)33-21-11-18(30)5-6-19(21)29(31)38/h5-6,11-17,33-35H,7-10H2,1-4H3,(H2,31,38). The maximum atomic E-state index is 14.0. The van der Waals surface area contributed by atoms with Gasteiger partial charge in [-0.3, -0.25) is 14.7 Å².